The van der Waals surface area contributed by atoms with Gasteiger partial charge in [0.2, 0.25) is 0 Å². The van der Waals surface area contributed by atoms with Crippen molar-refractivity contribution in [2.75, 3.05) is 11.5 Å². The monoisotopic (exact) mass is 642 g/mol. The van der Waals surface area contributed by atoms with Gasteiger partial charge in [-0.3, -0.25) is 9.59 Å². The molecule has 248 valence electrons. The second-order valence-corrected chi connectivity index (χ2v) is 14.6. The van der Waals surface area contributed by atoms with E-state index < -0.39 is 17.4 Å². The third-order valence-electron chi connectivity index (χ3n) is 10.8. The molecule has 0 aliphatic carbocycles. The van der Waals surface area contributed by atoms with Crippen molar-refractivity contribution in [1.82, 2.24) is 0 Å². The predicted molar refractivity (Wildman–Crippen MR) is 177 cm³/mol. The van der Waals surface area contributed by atoms with Crippen molar-refractivity contribution in [2.24, 2.45) is 17.3 Å². The number of carboxylic acid groups (broad SMARTS) is 2. The number of thioether (sulfide) groups is 1. The molecule has 4 unspecified atom stereocenters. The van der Waals surface area contributed by atoms with E-state index in [0.717, 1.165) is 56.0 Å². The third-order valence-corrected chi connectivity index (χ3v) is 12.1. The topological polar surface area (TPSA) is 134 Å². The second-order valence-electron chi connectivity index (χ2n) is 13.5. The molecule has 0 amide bonds. The SMILES string of the molecule is Cc1c(C)c2c(c(C)c1O)CC(CCC(CCC1Cc3c(C)c(O)c(C)c(C)c3OC1C)(CSCCC(=O)O)C(=O)O)C(C)O2. The minimum Gasteiger partial charge on any atom is -0.507 e. The number of hydrogen-bond acceptors (Lipinski definition) is 7. The van der Waals surface area contributed by atoms with Crippen molar-refractivity contribution in [3.05, 3.63) is 44.5 Å². The van der Waals surface area contributed by atoms with Gasteiger partial charge in [-0.2, -0.15) is 11.8 Å². The van der Waals surface area contributed by atoms with Crippen molar-refractivity contribution < 1.29 is 39.5 Å². The largest absolute Gasteiger partial charge is 0.507 e. The summed E-state index contributed by atoms with van der Waals surface area (Å²) in [5.74, 6) is 1.30. The molecule has 45 heavy (non-hydrogen) atoms. The zero-order valence-corrected chi connectivity index (χ0v) is 28.8. The van der Waals surface area contributed by atoms with Gasteiger partial charge in [-0.25, -0.2) is 0 Å². The number of benzene rings is 2. The van der Waals surface area contributed by atoms with Gasteiger partial charge in [0.1, 0.15) is 23.0 Å². The highest BCUT2D eigenvalue weighted by molar-refractivity contribution is 7.99. The Bertz CT molecular complexity index is 1370. The predicted octanol–water partition coefficient (Wildman–Crippen LogP) is 7.37. The van der Waals surface area contributed by atoms with Crippen molar-refractivity contribution in [3.63, 3.8) is 0 Å². The lowest BCUT2D eigenvalue weighted by molar-refractivity contribution is -0.149. The molecule has 4 atom stereocenters. The number of hydrogen-bond donors (Lipinski definition) is 4. The minimum atomic E-state index is -1.05. The molecule has 2 aromatic carbocycles. The lowest BCUT2D eigenvalue weighted by Crippen LogP contribution is -2.39. The number of phenols is 2. The summed E-state index contributed by atoms with van der Waals surface area (Å²) in [5.41, 5.74) is 6.08. The van der Waals surface area contributed by atoms with E-state index in [-0.39, 0.29) is 42.0 Å². The van der Waals surface area contributed by atoms with Crippen LogP contribution in [-0.4, -0.2) is 56.1 Å². The Morgan fingerprint density at radius 2 is 1.16 bits per heavy atom. The van der Waals surface area contributed by atoms with E-state index in [1.807, 2.05) is 55.4 Å². The maximum absolute atomic E-state index is 13.2. The Balaban J connectivity index is 1.56. The molecule has 2 aliphatic heterocycles. The van der Waals surface area contributed by atoms with E-state index in [0.29, 0.717) is 50.0 Å². The Labute approximate surface area is 271 Å². The Morgan fingerprint density at radius 3 is 1.53 bits per heavy atom. The maximum Gasteiger partial charge on any atom is 0.310 e. The van der Waals surface area contributed by atoms with Crippen molar-refractivity contribution in [2.45, 2.75) is 113 Å². The van der Waals surface area contributed by atoms with Crippen LogP contribution in [0.4, 0.5) is 0 Å². The van der Waals surface area contributed by atoms with Crippen LogP contribution in [-0.2, 0) is 22.4 Å². The van der Waals surface area contributed by atoms with Crippen LogP contribution in [0.2, 0.25) is 0 Å². The highest BCUT2D eigenvalue weighted by Crippen LogP contribution is 2.47. The minimum absolute atomic E-state index is 0.0159. The molecule has 9 heteroatoms. The summed E-state index contributed by atoms with van der Waals surface area (Å²) >= 11 is 1.39. The normalized spacial score (nSPS) is 22.0. The second kappa shape index (κ2) is 13.7. The van der Waals surface area contributed by atoms with Gasteiger partial charge in [0.25, 0.3) is 0 Å². The number of ether oxygens (including phenoxy) is 2. The van der Waals surface area contributed by atoms with Crippen LogP contribution >= 0.6 is 11.8 Å². The zero-order valence-electron chi connectivity index (χ0n) is 28.0. The van der Waals surface area contributed by atoms with Crippen LogP contribution in [0, 0.1) is 58.8 Å². The van der Waals surface area contributed by atoms with Gasteiger partial charge in [-0.05, 0) is 139 Å². The van der Waals surface area contributed by atoms with Crippen molar-refractivity contribution in [3.8, 4) is 23.0 Å². The fraction of sp³-hybridized carbons (Fsp3) is 0.611. The highest BCUT2D eigenvalue weighted by atomic mass is 32.2. The number of aromatic hydroxyl groups is 2. The van der Waals surface area contributed by atoms with Gasteiger partial charge in [0.15, 0.2) is 0 Å². The standard InChI is InChI=1S/C36H50O8S/c1-18-20(3)33-28(22(5)31(18)39)15-26(24(7)43-33)9-12-36(35(41)42,17-45-14-11-30(37)38)13-10-27-16-29-23(6)32(40)19(2)21(4)34(29)44-25(27)8/h24-27,39-40H,9-17H2,1-8H3,(H,37,38)(H,41,42). The number of rotatable bonds is 12. The molecule has 0 radical (unpaired) electrons. The molecule has 0 bridgehead atoms. The Kier molecular flexibility index (Phi) is 10.6. The van der Waals surface area contributed by atoms with Gasteiger partial charge in [-0.15, -0.1) is 0 Å². The number of fused-ring (bicyclic) bond motifs is 2. The fourth-order valence-corrected chi connectivity index (χ4v) is 8.40. The average molecular weight is 643 g/mol. The van der Waals surface area contributed by atoms with Crippen molar-refractivity contribution >= 4 is 23.7 Å². The van der Waals surface area contributed by atoms with E-state index in [9.17, 15) is 30.0 Å². The molecule has 2 aromatic rings. The Morgan fingerprint density at radius 1 is 0.733 bits per heavy atom. The first-order chi connectivity index (χ1) is 21.1. The third kappa shape index (κ3) is 6.88. The molecule has 2 heterocycles. The van der Waals surface area contributed by atoms with Crippen LogP contribution in [0.25, 0.3) is 0 Å². The summed E-state index contributed by atoms with van der Waals surface area (Å²) in [7, 11) is 0. The van der Waals surface area contributed by atoms with Crippen LogP contribution in [0.1, 0.15) is 90.5 Å². The summed E-state index contributed by atoms with van der Waals surface area (Å²) in [6, 6.07) is 0. The van der Waals surface area contributed by atoms with E-state index in [1.165, 1.54) is 11.8 Å². The molecule has 8 nitrogen and oxygen atoms in total. The highest BCUT2D eigenvalue weighted by Gasteiger charge is 2.42. The van der Waals surface area contributed by atoms with Crippen LogP contribution < -0.4 is 9.47 Å². The summed E-state index contributed by atoms with van der Waals surface area (Å²) in [4.78, 5) is 24.4. The van der Waals surface area contributed by atoms with Gasteiger partial charge < -0.3 is 29.9 Å². The molecule has 0 saturated carbocycles. The first-order valence-corrected chi connectivity index (χ1v) is 17.2. The summed E-state index contributed by atoms with van der Waals surface area (Å²) in [5, 5.41) is 41.4. The molecule has 4 rings (SSSR count). The van der Waals surface area contributed by atoms with E-state index in [4.69, 9.17) is 9.47 Å². The van der Waals surface area contributed by atoms with E-state index in [2.05, 4.69) is 0 Å². The molecule has 0 spiro atoms. The zero-order chi connectivity index (χ0) is 33.4. The number of aliphatic carboxylic acids is 2. The molecule has 2 aliphatic rings. The van der Waals surface area contributed by atoms with Gasteiger partial charge >= 0.3 is 11.9 Å². The fourth-order valence-electron chi connectivity index (χ4n) is 7.14. The van der Waals surface area contributed by atoms with Crippen LogP contribution in [0.5, 0.6) is 23.0 Å². The number of phenolic OH excluding ortho intramolecular Hbond substituents is 2. The molecule has 4 N–H and O–H groups in total. The molecular weight excluding hydrogens is 592 g/mol. The van der Waals surface area contributed by atoms with Gasteiger partial charge in [0, 0.05) is 22.6 Å². The molecular formula is C36H50O8S. The van der Waals surface area contributed by atoms with Gasteiger partial charge in [0.05, 0.1) is 24.0 Å². The smallest absolute Gasteiger partial charge is 0.310 e. The van der Waals surface area contributed by atoms with Gasteiger partial charge in [-0.1, -0.05) is 0 Å². The molecule has 0 fully saturated rings. The lowest BCUT2D eigenvalue weighted by atomic mass is 9.73. The Hall–Kier alpha value is -3.07. The van der Waals surface area contributed by atoms with E-state index >= 15 is 0 Å². The number of carbonyl (C=O) groups is 2. The maximum atomic E-state index is 13.2. The first-order valence-electron chi connectivity index (χ1n) is 16.1. The lowest BCUT2D eigenvalue weighted by Gasteiger charge is -2.38. The summed E-state index contributed by atoms with van der Waals surface area (Å²) in [6.07, 6.45) is 3.28. The summed E-state index contributed by atoms with van der Waals surface area (Å²) in [6.45, 7) is 15.6. The quantitative estimate of drug-likeness (QED) is 0.175. The summed E-state index contributed by atoms with van der Waals surface area (Å²) < 4.78 is 12.8. The van der Waals surface area contributed by atoms with Crippen LogP contribution in [0.15, 0.2) is 0 Å². The first kappa shape index (κ1) is 34.8. The molecule has 0 aromatic heterocycles. The number of carboxylic acids is 2. The van der Waals surface area contributed by atoms with Crippen molar-refractivity contribution in [1.29, 1.82) is 0 Å². The molecule has 0 saturated heterocycles. The average Bonchev–Trinajstić information content (AvgIpc) is 3.00. The van der Waals surface area contributed by atoms with E-state index in [1.54, 1.807) is 0 Å². The van der Waals surface area contributed by atoms with Crippen LogP contribution in [0.3, 0.4) is 0 Å².